The van der Waals surface area contributed by atoms with Gasteiger partial charge in [0.05, 0.1) is 28.9 Å². The molecule has 0 spiro atoms. The van der Waals surface area contributed by atoms with Gasteiger partial charge in [-0.3, -0.25) is 9.59 Å². The van der Waals surface area contributed by atoms with Gasteiger partial charge in [-0.15, -0.1) is 0 Å². The van der Waals surface area contributed by atoms with Crippen LogP contribution >= 0.6 is 0 Å². The molecule has 176 valence electrons. The summed E-state index contributed by atoms with van der Waals surface area (Å²) in [6, 6.07) is 11.1. The molecule has 2 bridgehead atoms. The van der Waals surface area contributed by atoms with Crippen LogP contribution in [0.2, 0.25) is 0 Å². The molecule has 0 saturated carbocycles. The van der Waals surface area contributed by atoms with E-state index in [2.05, 4.69) is 10.2 Å². The van der Waals surface area contributed by atoms with Crippen molar-refractivity contribution in [2.24, 2.45) is 5.92 Å². The molecule has 0 aliphatic carbocycles. The maximum Gasteiger partial charge on any atom is 0.340 e. The van der Waals surface area contributed by atoms with Crippen molar-refractivity contribution in [3.05, 3.63) is 71.0 Å². The lowest BCUT2D eigenvalue weighted by Crippen LogP contribution is -2.57. The highest BCUT2D eigenvalue weighted by Gasteiger charge is 2.35. The minimum Gasteiger partial charge on any atom is -0.507 e. The molecule has 3 saturated heterocycles. The van der Waals surface area contributed by atoms with Crippen LogP contribution in [0.5, 0.6) is 5.75 Å². The molecule has 3 aliphatic rings. The summed E-state index contributed by atoms with van der Waals surface area (Å²) < 4.78 is 6.76. The minimum absolute atomic E-state index is 0.112. The Labute approximate surface area is 197 Å². The van der Waals surface area contributed by atoms with E-state index in [4.69, 9.17) is 4.74 Å². The Bertz CT molecular complexity index is 1270. The molecule has 1 amide bonds. The van der Waals surface area contributed by atoms with Crippen LogP contribution in [0, 0.1) is 5.92 Å². The number of amides is 1. The van der Waals surface area contributed by atoms with E-state index >= 15 is 0 Å². The molecule has 1 atom stereocenters. The Kier molecular flexibility index (Phi) is 5.83. The number of aromatic hydroxyl groups is 1. The molecule has 3 aliphatic heterocycles. The van der Waals surface area contributed by atoms with Crippen LogP contribution in [-0.4, -0.2) is 64.3 Å². The van der Waals surface area contributed by atoms with Crippen LogP contribution < -0.4 is 5.32 Å². The fraction of sp³-hybridized carbons (Fsp3) is 0.346. The lowest BCUT2D eigenvalue weighted by molar-refractivity contribution is 0.0528. The van der Waals surface area contributed by atoms with Gasteiger partial charge in [-0.05, 0) is 69.1 Å². The van der Waals surface area contributed by atoms with Crippen molar-refractivity contribution in [3.8, 4) is 5.75 Å². The Hall–Kier alpha value is -3.65. The van der Waals surface area contributed by atoms with E-state index in [0.717, 1.165) is 32.5 Å². The first-order valence-corrected chi connectivity index (χ1v) is 11.6. The number of fused-ring (bicyclic) bond motifs is 4. The molecule has 6 rings (SSSR count). The van der Waals surface area contributed by atoms with Gasteiger partial charge in [0, 0.05) is 24.3 Å². The number of rotatable bonds is 6. The number of phenolic OH excluding ortho intramolecular Hbond substituents is 1. The molecule has 0 unspecified atom stereocenters. The summed E-state index contributed by atoms with van der Waals surface area (Å²) in [4.78, 5) is 41.4. The van der Waals surface area contributed by atoms with E-state index in [0.29, 0.717) is 17.0 Å². The van der Waals surface area contributed by atoms with E-state index in [-0.39, 0.29) is 41.1 Å². The van der Waals surface area contributed by atoms with Crippen molar-refractivity contribution in [2.75, 3.05) is 26.2 Å². The number of phenols is 1. The second kappa shape index (κ2) is 8.95. The quantitative estimate of drug-likeness (QED) is 0.433. The lowest BCUT2D eigenvalue weighted by atomic mass is 9.84. The van der Waals surface area contributed by atoms with Gasteiger partial charge in [-0.1, -0.05) is 12.1 Å². The molecular formula is C26H27N3O5. The first kappa shape index (κ1) is 22.2. The summed E-state index contributed by atoms with van der Waals surface area (Å²) in [7, 11) is 0. The topological polar surface area (TPSA) is 100 Å². The highest BCUT2D eigenvalue weighted by molar-refractivity contribution is 6.13. The molecule has 5 heterocycles. The predicted octanol–water partition coefficient (Wildman–Crippen LogP) is 2.88. The zero-order chi connectivity index (χ0) is 23.8. The Morgan fingerprint density at radius 1 is 1.09 bits per heavy atom. The van der Waals surface area contributed by atoms with Gasteiger partial charge in [0.15, 0.2) is 0 Å². The summed E-state index contributed by atoms with van der Waals surface area (Å²) in [5.41, 5.74) is 1.33. The maximum absolute atomic E-state index is 13.2. The third-order valence-electron chi connectivity index (χ3n) is 6.88. The lowest BCUT2D eigenvalue weighted by Gasteiger charge is -2.44. The normalized spacial score (nSPS) is 21.4. The number of hydrogen-bond acceptors (Lipinski definition) is 6. The number of pyridine rings is 1. The zero-order valence-electron chi connectivity index (χ0n) is 19.0. The Morgan fingerprint density at radius 3 is 2.53 bits per heavy atom. The minimum atomic E-state index is -0.578. The van der Waals surface area contributed by atoms with Gasteiger partial charge in [-0.25, -0.2) is 4.79 Å². The van der Waals surface area contributed by atoms with E-state index in [1.54, 1.807) is 41.8 Å². The molecule has 34 heavy (non-hydrogen) atoms. The molecule has 3 aromatic rings. The number of aromatic nitrogens is 1. The van der Waals surface area contributed by atoms with Crippen LogP contribution in [0.3, 0.4) is 0 Å². The van der Waals surface area contributed by atoms with Gasteiger partial charge >= 0.3 is 5.97 Å². The van der Waals surface area contributed by atoms with Gasteiger partial charge < -0.3 is 24.5 Å². The van der Waals surface area contributed by atoms with Crippen molar-refractivity contribution in [3.63, 3.8) is 0 Å². The number of hydrogen-bond donors (Lipinski definition) is 2. The third kappa shape index (κ3) is 3.94. The first-order valence-electron chi connectivity index (χ1n) is 11.6. The molecule has 3 fully saturated rings. The smallest absolute Gasteiger partial charge is 0.340 e. The van der Waals surface area contributed by atoms with Crippen molar-refractivity contribution < 1.29 is 24.2 Å². The van der Waals surface area contributed by atoms with Crippen LogP contribution in [0.25, 0.3) is 5.52 Å². The number of carbonyl (C=O) groups is 3. The van der Waals surface area contributed by atoms with E-state index < -0.39 is 11.8 Å². The maximum atomic E-state index is 13.2. The number of ketones is 1. The Balaban J connectivity index is 1.51. The summed E-state index contributed by atoms with van der Waals surface area (Å²) in [5, 5.41) is 13.3. The molecule has 2 N–H and O–H groups in total. The number of ether oxygens (including phenoxy) is 1. The fourth-order valence-electron chi connectivity index (χ4n) is 5.07. The summed E-state index contributed by atoms with van der Waals surface area (Å²) in [5.74, 6) is -0.872. The molecule has 0 radical (unpaired) electrons. The molecule has 8 nitrogen and oxygen atoms in total. The summed E-state index contributed by atoms with van der Waals surface area (Å²) >= 11 is 0. The van der Waals surface area contributed by atoms with E-state index in [1.807, 2.05) is 0 Å². The molecule has 1 aromatic carbocycles. The number of carbonyl (C=O) groups excluding carboxylic acids is 3. The van der Waals surface area contributed by atoms with Crippen LogP contribution in [0.1, 0.15) is 56.5 Å². The average Bonchev–Trinajstić information content (AvgIpc) is 3.24. The number of nitrogens with one attached hydrogen (secondary N) is 1. The van der Waals surface area contributed by atoms with Gasteiger partial charge in [0.1, 0.15) is 5.75 Å². The second-order valence-electron chi connectivity index (χ2n) is 8.90. The third-order valence-corrected chi connectivity index (χ3v) is 6.88. The van der Waals surface area contributed by atoms with Crippen molar-refractivity contribution in [1.29, 1.82) is 0 Å². The Morgan fingerprint density at radius 2 is 1.85 bits per heavy atom. The monoisotopic (exact) mass is 461 g/mol. The van der Waals surface area contributed by atoms with Crippen LogP contribution in [0.15, 0.2) is 48.7 Å². The van der Waals surface area contributed by atoms with Gasteiger partial charge in [0.25, 0.3) is 5.91 Å². The summed E-state index contributed by atoms with van der Waals surface area (Å²) in [6.45, 7) is 4.92. The van der Waals surface area contributed by atoms with Crippen molar-refractivity contribution in [2.45, 2.75) is 25.8 Å². The number of para-hydroxylation sites is 1. The van der Waals surface area contributed by atoms with Crippen molar-refractivity contribution >= 4 is 23.2 Å². The van der Waals surface area contributed by atoms with E-state index in [1.165, 1.54) is 18.2 Å². The second-order valence-corrected chi connectivity index (χ2v) is 8.90. The number of piperidine rings is 3. The number of benzene rings is 1. The fourth-order valence-corrected chi connectivity index (χ4v) is 5.07. The standard InChI is InChI=1S/C26H27N3O5/c1-2-34-26(33)19-14-22(24(31)18-5-3-4-6-23(18)30)29-12-9-17(13-21(19)29)25(32)27-20-15-28-10-7-16(20)8-11-28/h3-6,9,12-14,16,20,30H,2,7-8,10-11,15H2,1H3,(H,27,32)/t20-/m0/s1. The molecular weight excluding hydrogens is 434 g/mol. The number of nitrogens with zero attached hydrogens (tertiary/aromatic N) is 2. The largest absolute Gasteiger partial charge is 0.507 e. The number of esters is 1. The first-order chi connectivity index (χ1) is 16.5. The van der Waals surface area contributed by atoms with Crippen molar-refractivity contribution in [1.82, 2.24) is 14.6 Å². The molecule has 2 aromatic heterocycles. The van der Waals surface area contributed by atoms with Gasteiger partial charge in [0.2, 0.25) is 5.78 Å². The predicted molar refractivity (Wildman–Crippen MR) is 125 cm³/mol. The summed E-state index contributed by atoms with van der Waals surface area (Å²) in [6.07, 6.45) is 3.79. The van der Waals surface area contributed by atoms with Gasteiger partial charge in [-0.2, -0.15) is 0 Å². The van der Waals surface area contributed by atoms with Crippen LogP contribution in [0.4, 0.5) is 0 Å². The molecule has 8 heteroatoms. The average molecular weight is 462 g/mol. The highest BCUT2D eigenvalue weighted by Crippen LogP contribution is 2.28. The highest BCUT2D eigenvalue weighted by atomic mass is 16.5. The zero-order valence-corrected chi connectivity index (χ0v) is 19.0. The van der Waals surface area contributed by atoms with Crippen LogP contribution in [-0.2, 0) is 4.74 Å². The van der Waals surface area contributed by atoms with E-state index in [9.17, 15) is 19.5 Å². The SMILES string of the molecule is CCOC(=O)c1cc(C(=O)c2ccccc2O)n2ccc(C(=O)N[C@H]3CN4CCC3CC4)cc12.